The molecule has 0 amide bonds. The van der Waals surface area contributed by atoms with Gasteiger partial charge in [-0.05, 0) is 6.42 Å². The molecule has 0 unspecified atom stereocenters. The second-order valence-electron chi connectivity index (χ2n) is 6.44. The molecule has 0 saturated heterocycles. The van der Waals surface area contributed by atoms with Crippen LogP contribution in [0.3, 0.4) is 0 Å². The molecule has 0 fully saturated rings. The van der Waals surface area contributed by atoms with Gasteiger partial charge in [0.25, 0.3) is 0 Å². The third-order valence-electron chi connectivity index (χ3n) is 5.03. The van der Waals surface area contributed by atoms with E-state index in [9.17, 15) is 0 Å². The number of rotatable bonds is 2. The van der Waals surface area contributed by atoms with Gasteiger partial charge >= 0.3 is 43.0 Å². The molecule has 3 heteroatoms. The van der Waals surface area contributed by atoms with Gasteiger partial charge in [-0.15, -0.1) is 40.6 Å². The van der Waals surface area contributed by atoms with E-state index in [4.69, 9.17) is 0 Å². The summed E-state index contributed by atoms with van der Waals surface area (Å²) in [5.74, 6) is 0. The van der Waals surface area contributed by atoms with Gasteiger partial charge in [0.15, 0.2) is 0 Å². The Balaban J connectivity index is 0.000000220. The van der Waals surface area contributed by atoms with E-state index < -0.39 is 0 Å². The molecule has 0 N–H and O–H groups in total. The van der Waals surface area contributed by atoms with Crippen molar-refractivity contribution in [3.05, 3.63) is 69.8 Å². The molecular formula is C22H28Br2Zr. The zero-order chi connectivity index (χ0) is 19.0. The van der Waals surface area contributed by atoms with Gasteiger partial charge in [0.05, 0.1) is 0 Å². The number of hydrogen-bond donors (Lipinski definition) is 0. The van der Waals surface area contributed by atoms with Crippen LogP contribution in [0.25, 0.3) is 10.8 Å². The number of benzene rings is 1. The van der Waals surface area contributed by atoms with Crippen LogP contribution in [0.2, 0.25) is 0 Å². The summed E-state index contributed by atoms with van der Waals surface area (Å²) in [4.78, 5) is 0. The fourth-order valence-corrected chi connectivity index (χ4v) is 3.05. The van der Waals surface area contributed by atoms with Gasteiger partial charge in [0.1, 0.15) is 0 Å². The van der Waals surface area contributed by atoms with Gasteiger partial charge in [-0.25, -0.2) is 0 Å². The molecular weight excluding hydrogens is 515 g/mol. The van der Waals surface area contributed by atoms with E-state index in [1.165, 1.54) is 57.0 Å². The van der Waals surface area contributed by atoms with E-state index in [2.05, 4.69) is 102 Å². The quantitative estimate of drug-likeness (QED) is 0.286. The van der Waals surface area contributed by atoms with Gasteiger partial charge in [-0.3, -0.25) is 0 Å². The summed E-state index contributed by atoms with van der Waals surface area (Å²) >= 11 is 6.32. The molecule has 134 valence electrons. The topological polar surface area (TPSA) is 0 Å². The van der Waals surface area contributed by atoms with E-state index in [0.29, 0.717) is 0 Å². The third-order valence-corrected chi connectivity index (χ3v) is 5.03. The standard InChI is InChI=1S/C12H13.C10H15.2BrH.Zr/c1-2-5-10-8-11-6-3-4-7-12(11)9-10;1-6-7(2)9(4)10(5)8(6)3;;;/h3-4,6-9H,2,5H2,1H3;1-5H3;2*1H;/q2*-1;;;+4/p-2. The predicted octanol–water partition coefficient (Wildman–Crippen LogP) is 8.15. The first-order valence-corrected chi connectivity index (χ1v) is 19.9. The molecule has 25 heavy (non-hydrogen) atoms. The Labute approximate surface area is 176 Å². The second-order valence-corrected chi connectivity index (χ2v) is 17.8. The van der Waals surface area contributed by atoms with Crippen molar-refractivity contribution in [3.8, 4) is 0 Å². The average Bonchev–Trinajstić information content (AvgIpc) is 3.08. The third kappa shape index (κ3) is 6.60. The molecule has 3 aromatic carbocycles. The molecule has 3 aromatic rings. The monoisotopic (exact) mass is 540 g/mol. The van der Waals surface area contributed by atoms with Crippen LogP contribution < -0.4 is 0 Å². The first-order valence-electron chi connectivity index (χ1n) is 8.67. The Hall–Kier alpha value is 0.0231. The molecule has 0 aliphatic heterocycles. The zero-order valence-electron chi connectivity index (χ0n) is 16.1. The van der Waals surface area contributed by atoms with E-state index in [1.54, 1.807) is 0 Å². The van der Waals surface area contributed by atoms with Crippen LogP contribution >= 0.6 is 24.4 Å². The van der Waals surface area contributed by atoms with Gasteiger partial charge in [0, 0.05) is 0 Å². The minimum atomic E-state index is -0.145. The molecule has 0 atom stereocenters. The Morgan fingerprint density at radius 2 is 1.52 bits per heavy atom. The van der Waals surface area contributed by atoms with Crippen molar-refractivity contribution < 1.29 is 18.5 Å². The summed E-state index contributed by atoms with van der Waals surface area (Å²) in [7, 11) is 0. The molecule has 0 saturated carbocycles. The van der Waals surface area contributed by atoms with Crippen molar-refractivity contribution in [2.24, 2.45) is 0 Å². The fraction of sp³-hybridized carbons (Fsp3) is 0.364. The van der Waals surface area contributed by atoms with Crippen molar-refractivity contribution in [2.45, 2.75) is 54.4 Å². The molecule has 0 nitrogen and oxygen atoms in total. The Morgan fingerprint density at radius 1 is 1.00 bits per heavy atom. The number of halogens is 2. The molecule has 0 spiro atoms. The number of hydrogen-bond acceptors (Lipinski definition) is 0. The first-order chi connectivity index (χ1) is 11.9. The van der Waals surface area contributed by atoms with Crippen molar-refractivity contribution in [3.63, 3.8) is 0 Å². The van der Waals surface area contributed by atoms with Crippen LogP contribution in [0.15, 0.2) is 36.4 Å². The summed E-state index contributed by atoms with van der Waals surface area (Å²) < 4.78 is 0. The predicted molar refractivity (Wildman–Crippen MR) is 117 cm³/mol. The maximum absolute atomic E-state index is 3.23. The van der Waals surface area contributed by atoms with E-state index in [0.717, 1.165) is 0 Å². The molecule has 0 radical (unpaired) electrons. The van der Waals surface area contributed by atoms with Crippen LogP contribution in [-0.4, -0.2) is 0 Å². The molecule has 0 heterocycles. The molecule has 0 aliphatic carbocycles. The van der Waals surface area contributed by atoms with Crippen LogP contribution in [-0.2, 0) is 25.0 Å². The first kappa shape index (κ1) is 23.1. The summed E-state index contributed by atoms with van der Waals surface area (Å²) in [5.41, 5.74) is 8.81. The Morgan fingerprint density at radius 3 is 1.92 bits per heavy atom. The van der Waals surface area contributed by atoms with Gasteiger partial charge in [-0.1, -0.05) is 54.0 Å². The van der Waals surface area contributed by atoms with Crippen LogP contribution in [0.5, 0.6) is 0 Å². The molecule has 0 bridgehead atoms. The summed E-state index contributed by atoms with van der Waals surface area (Å²) in [6, 6.07) is 13.1. The normalized spacial score (nSPS) is 9.76. The zero-order valence-corrected chi connectivity index (χ0v) is 21.8. The van der Waals surface area contributed by atoms with Crippen molar-refractivity contribution in [2.75, 3.05) is 0 Å². The molecule has 3 rings (SSSR count). The van der Waals surface area contributed by atoms with E-state index >= 15 is 0 Å². The number of aryl methyl sites for hydroxylation is 1. The Kier molecular flexibility index (Phi) is 10.8. The summed E-state index contributed by atoms with van der Waals surface area (Å²) in [6.45, 7) is 13.2. The van der Waals surface area contributed by atoms with Gasteiger partial charge in [-0.2, -0.15) is 33.9 Å². The molecule has 0 aromatic heterocycles. The SMILES string of the molecule is CCCc1cc2ccccc2[cH-]1.Cc1c(C)c(C)[c-](C)c1C.[Br][Zr+2][Br]. The fourth-order valence-electron chi connectivity index (χ4n) is 3.05. The van der Waals surface area contributed by atoms with Crippen molar-refractivity contribution in [1.29, 1.82) is 0 Å². The number of fused-ring (bicyclic) bond motifs is 1. The minimum absolute atomic E-state index is 0.145. The van der Waals surface area contributed by atoms with Crippen molar-refractivity contribution >= 4 is 35.2 Å². The summed E-state index contributed by atoms with van der Waals surface area (Å²) in [6.07, 6.45) is 2.44. The van der Waals surface area contributed by atoms with Crippen LogP contribution in [0.1, 0.15) is 46.7 Å². The average molecular weight is 543 g/mol. The second kappa shape index (κ2) is 11.7. The van der Waals surface area contributed by atoms with Crippen LogP contribution in [0.4, 0.5) is 0 Å². The summed E-state index contributed by atoms with van der Waals surface area (Å²) in [5, 5.41) is 2.75. The van der Waals surface area contributed by atoms with Gasteiger partial charge in [0.2, 0.25) is 0 Å². The molecule has 0 aliphatic rings. The van der Waals surface area contributed by atoms with Gasteiger partial charge < -0.3 is 0 Å². The van der Waals surface area contributed by atoms with Crippen LogP contribution in [0, 0.1) is 34.6 Å². The van der Waals surface area contributed by atoms with Crippen molar-refractivity contribution in [1.82, 2.24) is 0 Å². The maximum atomic E-state index is 3.23. The Bertz CT molecular complexity index is 667. The van der Waals surface area contributed by atoms with E-state index in [-0.39, 0.29) is 18.5 Å². The van der Waals surface area contributed by atoms with E-state index in [1.807, 2.05) is 0 Å².